The zero-order chi connectivity index (χ0) is 19.5. The van der Waals surface area contributed by atoms with Crippen molar-refractivity contribution in [3.05, 3.63) is 29.6 Å². The van der Waals surface area contributed by atoms with E-state index in [1.165, 1.54) is 18.2 Å². The molecule has 0 aliphatic heterocycles. The van der Waals surface area contributed by atoms with Crippen LogP contribution in [0.1, 0.15) is 27.9 Å². The lowest BCUT2D eigenvalue weighted by atomic mass is 10.3. The Morgan fingerprint density at radius 3 is 1.88 bits per heavy atom. The molecule has 140 valence electrons. The largest absolute Gasteiger partial charge is 0.477 e. The maximum absolute atomic E-state index is 11.8. The molecule has 1 aromatic rings. The summed E-state index contributed by atoms with van der Waals surface area (Å²) in [6.07, 6.45) is 0. The SMILES string of the molecule is CCNC(=O)CNC(=O)CNC(=O)CNC(=O)c1cccc(C(=O)O)n1. The van der Waals surface area contributed by atoms with E-state index in [0.29, 0.717) is 6.54 Å². The van der Waals surface area contributed by atoms with Gasteiger partial charge in [-0.15, -0.1) is 0 Å². The monoisotopic (exact) mass is 365 g/mol. The summed E-state index contributed by atoms with van der Waals surface area (Å²) in [7, 11) is 0. The van der Waals surface area contributed by atoms with Crippen molar-refractivity contribution >= 4 is 29.6 Å². The van der Waals surface area contributed by atoms with Crippen LogP contribution in [0.15, 0.2) is 18.2 Å². The van der Waals surface area contributed by atoms with Gasteiger partial charge < -0.3 is 26.4 Å². The van der Waals surface area contributed by atoms with Crippen molar-refractivity contribution in [2.75, 3.05) is 26.2 Å². The van der Waals surface area contributed by atoms with Crippen LogP contribution in [0, 0.1) is 0 Å². The number of aromatic carboxylic acids is 1. The van der Waals surface area contributed by atoms with Crippen molar-refractivity contribution in [2.24, 2.45) is 0 Å². The normalized spacial score (nSPS) is 9.73. The van der Waals surface area contributed by atoms with Crippen LogP contribution in [0.4, 0.5) is 0 Å². The van der Waals surface area contributed by atoms with E-state index in [0.717, 1.165) is 0 Å². The molecule has 0 fully saturated rings. The molecule has 0 aromatic carbocycles. The third kappa shape index (κ3) is 7.38. The van der Waals surface area contributed by atoms with Gasteiger partial charge in [0.05, 0.1) is 19.6 Å². The average molecular weight is 365 g/mol. The number of nitrogens with one attached hydrogen (secondary N) is 4. The minimum absolute atomic E-state index is 0.155. The molecular formula is C15H19N5O6. The minimum atomic E-state index is -1.28. The van der Waals surface area contributed by atoms with Gasteiger partial charge in [-0.1, -0.05) is 6.07 Å². The van der Waals surface area contributed by atoms with E-state index in [-0.39, 0.29) is 30.4 Å². The fourth-order valence-corrected chi connectivity index (χ4v) is 1.67. The first-order valence-electron chi connectivity index (χ1n) is 7.62. The predicted molar refractivity (Wildman–Crippen MR) is 88.2 cm³/mol. The zero-order valence-electron chi connectivity index (χ0n) is 14.0. The highest BCUT2D eigenvalue weighted by molar-refractivity contribution is 5.96. The van der Waals surface area contributed by atoms with E-state index in [1.54, 1.807) is 6.92 Å². The molecule has 0 unspecified atom stereocenters. The summed E-state index contributed by atoms with van der Waals surface area (Å²) in [5, 5.41) is 18.1. The van der Waals surface area contributed by atoms with E-state index in [4.69, 9.17) is 5.11 Å². The molecule has 11 heteroatoms. The summed E-state index contributed by atoms with van der Waals surface area (Å²) in [4.78, 5) is 60.5. The van der Waals surface area contributed by atoms with Crippen LogP contribution in [0.5, 0.6) is 0 Å². The molecule has 11 nitrogen and oxygen atoms in total. The first-order valence-corrected chi connectivity index (χ1v) is 7.62. The van der Waals surface area contributed by atoms with Crippen molar-refractivity contribution in [2.45, 2.75) is 6.92 Å². The third-order valence-corrected chi connectivity index (χ3v) is 2.88. The molecule has 26 heavy (non-hydrogen) atoms. The van der Waals surface area contributed by atoms with Crippen LogP contribution in [-0.4, -0.2) is 65.9 Å². The van der Waals surface area contributed by atoms with Crippen LogP contribution in [0.3, 0.4) is 0 Å². The summed E-state index contributed by atoms with van der Waals surface area (Å²) >= 11 is 0. The quantitative estimate of drug-likeness (QED) is 0.333. The second kappa shape index (κ2) is 10.4. The Hall–Kier alpha value is -3.50. The molecule has 0 aliphatic carbocycles. The Morgan fingerprint density at radius 2 is 1.35 bits per heavy atom. The van der Waals surface area contributed by atoms with E-state index in [9.17, 15) is 24.0 Å². The lowest BCUT2D eigenvalue weighted by Crippen LogP contribution is -2.44. The van der Waals surface area contributed by atoms with E-state index in [1.807, 2.05) is 0 Å². The number of carbonyl (C=O) groups excluding carboxylic acids is 4. The lowest BCUT2D eigenvalue weighted by Gasteiger charge is -2.08. The molecule has 0 bridgehead atoms. The molecule has 1 heterocycles. The fourth-order valence-electron chi connectivity index (χ4n) is 1.67. The summed E-state index contributed by atoms with van der Waals surface area (Å²) < 4.78 is 0. The second-order valence-electron chi connectivity index (χ2n) is 4.90. The molecule has 0 atom stereocenters. The van der Waals surface area contributed by atoms with Crippen molar-refractivity contribution in [3.8, 4) is 0 Å². The van der Waals surface area contributed by atoms with E-state index in [2.05, 4.69) is 26.3 Å². The number of nitrogens with zero attached hydrogens (tertiary/aromatic N) is 1. The zero-order valence-corrected chi connectivity index (χ0v) is 14.0. The second-order valence-corrected chi connectivity index (χ2v) is 4.90. The fraction of sp³-hybridized carbons (Fsp3) is 0.333. The smallest absolute Gasteiger partial charge is 0.354 e. The van der Waals surface area contributed by atoms with Crippen LogP contribution in [0.25, 0.3) is 0 Å². The van der Waals surface area contributed by atoms with Gasteiger partial charge in [0.15, 0.2) is 0 Å². The summed E-state index contributed by atoms with van der Waals surface area (Å²) in [6, 6.07) is 3.88. The number of amides is 4. The van der Waals surface area contributed by atoms with Gasteiger partial charge in [0, 0.05) is 6.54 Å². The Kier molecular flexibility index (Phi) is 8.20. The number of carboxylic acid groups (broad SMARTS) is 1. The number of pyridine rings is 1. The van der Waals surface area contributed by atoms with Gasteiger partial charge in [-0.2, -0.15) is 0 Å². The number of aromatic nitrogens is 1. The first-order chi connectivity index (χ1) is 12.3. The van der Waals surface area contributed by atoms with Crippen molar-refractivity contribution < 1.29 is 29.1 Å². The third-order valence-electron chi connectivity index (χ3n) is 2.88. The van der Waals surface area contributed by atoms with Gasteiger partial charge in [-0.3, -0.25) is 19.2 Å². The first kappa shape index (κ1) is 20.5. The van der Waals surface area contributed by atoms with Gasteiger partial charge in [0.2, 0.25) is 17.7 Å². The number of hydrogen-bond donors (Lipinski definition) is 5. The van der Waals surface area contributed by atoms with E-state index < -0.39 is 30.2 Å². The van der Waals surface area contributed by atoms with Crippen LogP contribution < -0.4 is 21.3 Å². The predicted octanol–water partition coefficient (Wildman–Crippen LogP) is -2.12. The molecule has 0 aliphatic rings. The summed E-state index contributed by atoms with van der Waals surface area (Å²) in [5.74, 6) is -3.57. The van der Waals surface area contributed by atoms with Crippen molar-refractivity contribution in [3.63, 3.8) is 0 Å². The topological polar surface area (TPSA) is 167 Å². The highest BCUT2D eigenvalue weighted by atomic mass is 16.4. The number of carboxylic acids is 1. The van der Waals surface area contributed by atoms with Crippen LogP contribution >= 0.6 is 0 Å². The summed E-state index contributed by atoms with van der Waals surface area (Å²) in [5.41, 5.74) is -0.455. The standard InChI is InChI=1S/C15H19N5O6/c1-2-16-11(21)6-17-12(22)7-18-13(23)8-19-14(24)9-4-3-5-10(20-9)15(25)26/h3-5H,2,6-8H2,1H3,(H,16,21)(H,17,22)(H,18,23)(H,19,24)(H,25,26). The van der Waals surface area contributed by atoms with Gasteiger partial charge >= 0.3 is 5.97 Å². The number of hydrogen-bond acceptors (Lipinski definition) is 6. The maximum atomic E-state index is 11.8. The van der Waals surface area contributed by atoms with Gasteiger partial charge in [0.1, 0.15) is 11.4 Å². The molecule has 0 spiro atoms. The van der Waals surface area contributed by atoms with E-state index >= 15 is 0 Å². The average Bonchev–Trinajstić information content (AvgIpc) is 2.63. The molecule has 1 rings (SSSR count). The Bertz CT molecular complexity index is 706. The number of likely N-dealkylation sites (N-methyl/N-ethyl adjacent to an activating group) is 1. The highest BCUT2D eigenvalue weighted by Gasteiger charge is 2.13. The number of rotatable bonds is 9. The lowest BCUT2D eigenvalue weighted by molar-refractivity contribution is -0.127. The Balaban J connectivity index is 2.34. The Labute approximate surface area is 148 Å². The molecule has 0 saturated heterocycles. The van der Waals surface area contributed by atoms with Crippen molar-refractivity contribution in [1.82, 2.24) is 26.3 Å². The van der Waals surface area contributed by atoms with Crippen molar-refractivity contribution in [1.29, 1.82) is 0 Å². The Morgan fingerprint density at radius 1 is 0.846 bits per heavy atom. The molecule has 1 aromatic heterocycles. The molecule has 4 amide bonds. The molecular weight excluding hydrogens is 346 g/mol. The van der Waals surface area contributed by atoms with Crippen LogP contribution in [-0.2, 0) is 14.4 Å². The highest BCUT2D eigenvalue weighted by Crippen LogP contribution is 1.99. The maximum Gasteiger partial charge on any atom is 0.354 e. The molecule has 0 radical (unpaired) electrons. The molecule has 0 saturated carbocycles. The van der Waals surface area contributed by atoms with Crippen LogP contribution in [0.2, 0.25) is 0 Å². The molecule has 5 N–H and O–H groups in total. The van der Waals surface area contributed by atoms with Gasteiger partial charge in [-0.05, 0) is 19.1 Å². The van der Waals surface area contributed by atoms with Gasteiger partial charge in [-0.25, -0.2) is 9.78 Å². The summed E-state index contributed by atoms with van der Waals surface area (Å²) in [6.45, 7) is 1.18. The minimum Gasteiger partial charge on any atom is -0.477 e. The number of carbonyl (C=O) groups is 5. The van der Waals surface area contributed by atoms with Gasteiger partial charge in [0.25, 0.3) is 5.91 Å².